The molecule has 0 saturated carbocycles. The minimum Gasteiger partial charge on any atom is -0.464 e. The Bertz CT molecular complexity index is 1070. The van der Waals surface area contributed by atoms with E-state index in [1.165, 1.54) is 6.92 Å². The van der Waals surface area contributed by atoms with Crippen molar-refractivity contribution < 1.29 is 19.1 Å². The monoisotopic (exact) mass is 427 g/mol. The Labute approximate surface area is 176 Å². The maximum Gasteiger partial charge on any atom is 0.302 e. The van der Waals surface area contributed by atoms with Crippen molar-refractivity contribution in [1.82, 2.24) is 15.5 Å². The van der Waals surface area contributed by atoms with Crippen LogP contribution in [0.2, 0.25) is 0 Å². The van der Waals surface area contributed by atoms with Crippen molar-refractivity contribution in [3.63, 3.8) is 0 Å². The van der Waals surface area contributed by atoms with E-state index in [0.29, 0.717) is 29.5 Å². The van der Waals surface area contributed by atoms with Gasteiger partial charge in [0.25, 0.3) is 11.8 Å². The van der Waals surface area contributed by atoms with E-state index in [1.807, 2.05) is 30.3 Å². The number of fused-ring (bicyclic) bond motifs is 1. The van der Waals surface area contributed by atoms with Gasteiger partial charge in [-0.05, 0) is 53.7 Å². The lowest BCUT2D eigenvalue weighted by Crippen LogP contribution is -2.28. The Morgan fingerprint density at radius 1 is 1.28 bits per heavy atom. The zero-order valence-electron chi connectivity index (χ0n) is 15.5. The van der Waals surface area contributed by atoms with Crippen LogP contribution >= 0.6 is 23.6 Å². The van der Waals surface area contributed by atoms with Gasteiger partial charge in [-0.1, -0.05) is 6.07 Å². The summed E-state index contributed by atoms with van der Waals surface area (Å²) in [5.74, 6) is -0.647. The number of thiocarbonyl (C=S) groups is 1. The van der Waals surface area contributed by atoms with Crippen LogP contribution in [0.4, 0.5) is 0 Å². The molecule has 0 spiro atoms. The lowest BCUT2D eigenvalue weighted by Gasteiger charge is -2.14. The molecule has 2 aliphatic heterocycles. The van der Waals surface area contributed by atoms with Crippen molar-refractivity contribution in [2.45, 2.75) is 13.5 Å². The molecule has 1 fully saturated rings. The fourth-order valence-corrected chi connectivity index (χ4v) is 4.37. The third-order valence-electron chi connectivity index (χ3n) is 4.57. The van der Waals surface area contributed by atoms with E-state index >= 15 is 0 Å². The van der Waals surface area contributed by atoms with Gasteiger partial charge in [0.1, 0.15) is 12.3 Å². The molecule has 3 heterocycles. The van der Waals surface area contributed by atoms with E-state index < -0.39 is 0 Å². The molecule has 1 saturated heterocycles. The van der Waals surface area contributed by atoms with E-state index in [2.05, 4.69) is 10.6 Å². The molecular weight excluding hydrogens is 410 g/mol. The number of amides is 2. The summed E-state index contributed by atoms with van der Waals surface area (Å²) in [6.45, 7) is 2.40. The van der Waals surface area contributed by atoms with Crippen LogP contribution in [0.5, 0.6) is 0 Å². The first-order valence-corrected chi connectivity index (χ1v) is 10.1. The van der Waals surface area contributed by atoms with E-state index in [-0.39, 0.29) is 24.4 Å². The zero-order valence-corrected chi connectivity index (χ0v) is 17.1. The highest BCUT2D eigenvalue weighted by atomic mass is 32.1. The summed E-state index contributed by atoms with van der Waals surface area (Å²) in [5, 5.41) is 5.67. The molecule has 1 aromatic carbocycles. The molecule has 2 amide bonds. The molecule has 0 radical (unpaired) electrons. The molecule has 4 rings (SSSR count). The molecule has 1 aromatic heterocycles. The number of esters is 1. The van der Waals surface area contributed by atoms with Crippen LogP contribution in [0.1, 0.15) is 27.7 Å². The quantitative estimate of drug-likeness (QED) is 0.433. The van der Waals surface area contributed by atoms with E-state index in [1.54, 1.807) is 22.3 Å². The summed E-state index contributed by atoms with van der Waals surface area (Å²) in [7, 11) is 0. The molecule has 2 N–H and O–H groups in total. The summed E-state index contributed by atoms with van der Waals surface area (Å²) >= 11 is 6.48. The number of rotatable bonds is 5. The lowest BCUT2D eigenvalue weighted by atomic mass is 10.1. The van der Waals surface area contributed by atoms with Crippen LogP contribution in [0.15, 0.2) is 36.0 Å². The minimum absolute atomic E-state index is 0.0513. The topological polar surface area (TPSA) is 87.7 Å². The molecule has 148 valence electrons. The van der Waals surface area contributed by atoms with Crippen molar-refractivity contribution in [3.8, 4) is 10.4 Å². The fourth-order valence-electron chi connectivity index (χ4n) is 3.22. The molecule has 2 aromatic rings. The molecule has 0 aliphatic carbocycles. The first-order valence-electron chi connectivity index (χ1n) is 8.90. The minimum atomic E-state index is -0.355. The number of hydrogen-bond acceptors (Lipinski definition) is 6. The standard InChI is InChI=1S/C20H17N3O4S2/c1-11(24)27-7-6-23-10-13-8-12(2-4-15(13)19(23)26)17-5-3-14(29-17)9-16-18(25)22-20(28)21-16/h2-5,8-9H,6-7,10H2,1H3,(H2,21,22,25,28). The Morgan fingerprint density at radius 3 is 2.83 bits per heavy atom. The number of thiophene rings is 1. The van der Waals surface area contributed by atoms with Crippen molar-refractivity contribution in [3.05, 3.63) is 52.0 Å². The predicted octanol–water partition coefficient (Wildman–Crippen LogP) is 2.28. The number of ether oxygens (including phenoxy) is 1. The summed E-state index contributed by atoms with van der Waals surface area (Å²) in [5.41, 5.74) is 3.06. The average Bonchev–Trinajstić information content (AvgIpc) is 3.34. The molecule has 7 nitrogen and oxygen atoms in total. The molecular formula is C20H17N3O4S2. The van der Waals surface area contributed by atoms with Gasteiger partial charge in [0.05, 0.1) is 6.54 Å². The predicted molar refractivity (Wildman–Crippen MR) is 113 cm³/mol. The van der Waals surface area contributed by atoms with E-state index in [9.17, 15) is 14.4 Å². The normalized spacial score (nSPS) is 16.8. The van der Waals surface area contributed by atoms with Gasteiger partial charge in [0.2, 0.25) is 0 Å². The number of benzene rings is 1. The second kappa shape index (κ2) is 7.76. The SMILES string of the molecule is CC(=O)OCCN1Cc2cc(-c3ccc(C=C4NC(=S)NC4=O)s3)ccc2C1=O. The van der Waals surface area contributed by atoms with E-state index in [4.69, 9.17) is 17.0 Å². The highest BCUT2D eigenvalue weighted by molar-refractivity contribution is 7.80. The number of carbonyl (C=O) groups excluding carboxylic acids is 3. The number of nitrogens with zero attached hydrogens (tertiary/aromatic N) is 1. The zero-order chi connectivity index (χ0) is 20.5. The van der Waals surface area contributed by atoms with Crippen molar-refractivity contribution in [1.29, 1.82) is 0 Å². The number of hydrogen-bond donors (Lipinski definition) is 2. The molecule has 0 bridgehead atoms. The van der Waals surface area contributed by atoms with Gasteiger partial charge < -0.3 is 15.0 Å². The van der Waals surface area contributed by atoms with Crippen LogP contribution in [0.25, 0.3) is 16.5 Å². The Balaban J connectivity index is 1.50. The Morgan fingerprint density at radius 2 is 2.10 bits per heavy atom. The average molecular weight is 428 g/mol. The second-order valence-electron chi connectivity index (χ2n) is 6.61. The highest BCUT2D eigenvalue weighted by Crippen LogP contribution is 2.33. The van der Waals surface area contributed by atoms with Crippen molar-refractivity contribution >= 4 is 52.5 Å². The molecule has 0 atom stereocenters. The number of nitrogens with one attached hydrogen (secondary N) is 2. The molecule has 2 aliphatic rings. The van der Waals surface area contributed by atoms with Crippen LogP contribution in [0, 0.1) is 0 Å². The maximum atomic E-state index is 12.5. The second-order valence-corrected chi connectivity index (χ2v) is 8.13. The van der Waals surface area contributed by atoms with Gasteiger partial charge in [-0.25, -0.2) is 0 Å². The van der Waals surface area contributed by atoms with Crippen LogP contribution in [-0.4, -0.2) is 40.9 Å². The highest BCUT2D eigenvalue weighted by Gasteiger charge is 2.27. The molecule has 0 unspecified atom stereocenters. The largest absolute Gasteiger partial charge is 0.464 e. The lowest BCUT2D eigenvalue weighted by molar-refractivity contribution is -0.141. The third kappa shape index (κ3) is 4.06. The van der Waals surface area contributed by atoms with Gasteiger partial charge in [-0.2, -0.15) is 0 Å². The van der Waals surface area contributed by atoms with Gasteiger partial charge in [-0.3, -0.25) is 19.7 Å². The van der Waals surface area contributed by atoms with Gasteiger partial charge in [0, 0.05) is 28.8 Å². The van der Waals surface area contributed by atoms with Gasteiger partial charge in [0.15, 0.2) is 5.11 Å². The van der Waals surface area contributed by atoms with Crippen LogP contribution < -0.4 is 10.6 Å². The Hall–Kier alpha value is -3.04. The molecule has 29 heavy (non-hydrogen) atoms. The van der Waals surface area contributed by atoms with Crippen LogP contribution in [0.3, 0.4) is 0 Å². The first-order chi connectivity index (χ1) is 13.9. The summed E-state index contributed by atoms with van der Waals surface area (Å²) in [4.78, 5) is 38.8. The van der Waals surface area contributed by atoms with E-state index in [0.717, 1.165) is 20.9 Å². The van der Waals surface area contributed by atoms with Gasteiger partial charge >= 0.3 is 5.97 Å². The Kier molecular flexibility index (Phi) is 5.16. The first kappa shape index (κ1) is 19.3. The van der Waals surface area contributed by atoms with Crippen LogP contribution in [-0.2, 0) is 20.9 Å². The smallest absolute Gasteiger partial charge is 0.302 e. The van der Waals surface area contributed by atoms with Crippen molar-refractivity contribution in [2.75, 3.05) is 13.2 Å². The fraction of sp³-hybridized carbons (Fsp3) is 0.200. The van der Waals surface area contributed by atoms with Crippen molar-refractivity contribution in [2.24, 2.45) is 0 Å². The number of carbonyl (C=O) groups is 3. The summed E-state index contributed by atoms with van der Waals surface area (Å²) in [6, 6.07) is 9.69. The summed E-state index contributed by atoms with van der Waals surface area (Å²) in [6.07, 6.45) is 1.76. The summed E-state index contributed by atoms with van der Waals surface area (Å²) < 4.78 is 4.94. The molecule has 9 heteroatoms. The van der Waals surface area contributed by atoms with Gasteiger partial charge in [-0.15, -0.1) is 11.3 Å². The maximum absolute atomic E-state index is 12.5. The third-order valence-corrected chi connectivity index (χ3v) is 5.85.